The number of hydrogen-bond donors (Lipinski definition) is 1. The van der Waals surface area contributed by atoms with Crippen LogP contribution in [0, 0.1) is 0 Å². The fourth-order valence-corrected chi connectivity index (χ4v) is 4.24. The number of hydrogen-bond acceptors (Lipinski definition) is 3. The second-order valence-electron chi connectivity index (χ2n) is 9.58. The van der Waals surface area contributed by atoms with Gasteiger partial charge in [-0.25, -0.2) is 4.98 Å². The number of fused-ring (bicyclic) bond motifs is 1. The van der Waals surface area contributed by atoms with Gasteiger partial charge in [0.2, 0.25) is 0 Å². The predicted octanol–water partition coefficient (Wildman–Crippen LogP) is 11.8. The van der Waals surface area contributed by atoms with Crippen molar-refractivity contribution in [2.75, 3.05) is 0 Å². The number of ketones is 1. The third-order valence-corrected chi connectivity index (χ3v) is 6.68. The minimum atomic E-state index is 0. The van der Waals surface area contributed by atoms with Gasteiger partial charge in [-0.15, -0.1) is 0 Å². The molecule has 0 saturated carbocycles. The summed E-state index contributed by atoms with van der Waals surface area (Å²) >= 11 is 0. The van der Waals surface area contributed by atoms with Crippen LogP contribution >= 0.6 is 0 Å². The van der Waals surface area contributed by atoms with Crippen molar-refractivity contribution in [2.24, 2.45) is 4.99 Å². The monoisotopic (exact) mass is 575 g/mol. The standard InChI is InChI=1S/C30H35N3O.C4H10.2C2H6.2H2/c1-5-8-17-31-22(4)23(6-2)13-11-9-10-12-14-30-32-21-29(33-30)28-20-25-15-16-27(34)19-26(25)18-24(28)7-3;1-3-4-2;2*1-2;;/h5-8,15-18,20-21H,1,3,9-14,19H2,2,4H3,(H,32,33);3-4H2,1-2H3;2*1-2H3;2*1H/b17-8-,23-6+,31-22+;;;;;. The van der Waals surface area contributed by atoms with Crippen LogP contribution in [0.3, 0.4) is 0 Å². The molecule has 0 fully saturated rings. The zero-order valence-electron chi connectivity index (χ0n) is 27.9. The lowest BCUT2D eigenvalue weighted by Crippen LogP contribution is -2.06. The Morgan fingerprint density at radius 3 is 2.36 bits per heavy atom. The van der Waals surface area contributed by atoms with E-state index in [1.807, 2.05) is 52.1 Å². The van der Waals surface area contributed by atoms with Crippen molar-refractivity contribution in [3.63, 3.8) is 0 Å². The lowest BCUT2D eigenvalue weighted by atomic mass is 9.91. The maximum atomic E-state index is 11.7. The Balaban J connectivity index is -0.00000153. The van der Waals surface area contributed by atoms with E-state index in [2.05, 4.69) is 74.0 Å². The fourth-order valence-electron chi connectivity index (χ4n) is 4.24. The first-order valence-corrected chi connectivity index (χ1v) is 16.0. The molecule has 0 amide bonds. The molecule has 3 rings (SSSR count). The van der Waals surface area contributed by atoms with Crippen molar-refractivity contribution in [3.8, 4) is 11.3 Å². The zero-order chi connectivity index (χ0) is 31.8. The van der Waals surface area contributed by atoms with Crippen molar-refractivity contribution in [1.82, 2.24) is 9.97 Å². The zero-order valence-corrected chi connectivity index (χ0v) is 27.9. The Morgan fingerprint density at radius 1 is 1.05 bits per heavy atom. The predicted molar refractivity (Wildman–Crippen MR) is 192 cm³/mol. The summed E-state index contributed by atoms with van der Waals surface area (Å²) < 4.78 is 0. The molecule has 0 spiro atoms. The minimum absolute atomic E-state index is 0. The van der Waals surface area contributed by atoms with Gasteiger partial charge in [-0.3, -0.25) is 9.79 Å². The van der Waals surface area contributed by atoms with Crippen molar-refractivity contribution >= 4 is 23.6 Å². The second kappa shape index (κ2) is 24.1. The summed E-state index contributed by atoms with van der Waals surface area (Å²) in [7, 11) is 0. The molecule has 4 nitrogen and oxygen atoms in total. The molecule has 0 atom stereocenters. The molecule has 234 valence electrons. The largest absolute Gasteiger partial charge is 0.342 e. The van der Waals surface area contributed by atoms with Crippen LogP contribution in [-0.4, -0.2) is 21.5 Å². The molecule has 42 heavy (non-hydrogen) atoms. The van der Waals surface area contributed by atoms with Gasteiger partial charge >= 0.3 is 0 Å². The number of nitrogens with one attached hydrogen (secondary N) is 1. The highest BCUT2D eigenvalue weighted by atomic mass is 16.1. The van der Waals surface area contributed by atoms with Crippen LogP contribution < -0.4 is 0 Å². The lowest BCUT2D eigenvalue weighted by molar-refractivity contribution is -0.114. The van der Waals surface area contributed by atoms with Gasteiger partial charge in [0.05, 0.1) is 11.9 Å². The highest BCUT2D eigenvalue weighted by molar-refractivity contribution is 5.99. The topological polar surface area (TPSA) is 58.1 Å². The molecule has 0 bridgehead atoms. The van der Waals surface area contributed by atoms with E-state index in [-0.39, 0.29) is 8.64 Å². The fraction of sp³-hybridized carbons (Fsp3) is 0.447. The number of nitrogens with zero attached hydrogens (tertiary/aromatic N) is 2. The van der Waals surface area contributed by atoms with E-state index in [1.165, 1.54) is 31.3 Å². The molecule has 1 aliphatic rings. The maximum absolute atomic E-state index is 11.7. The summed E-state index contributed by atoms with van der Waals surface area (Å²) in [5.74, 6) is 1.16. The Kier molecular flexibility index (Phi) is 22.1. The van der Waals surface area contributed by atoms with Crippen LogP contribution in [0.2, 0.25) is 0 Å². The van der Waals surface area contributed by atoms with E-state index in [0.29, 0.717) is 6.42 Å². The number of benzene rings is 1. The number of carbonyl (C=O) groups is 1. The Labute approximate surface area is 260 Å². The number of unbranched alkanes of at least 4 members (excludes halogenated alkanes) is 4. The SMILES string of the molecule is C=C\C=C/N=C(C)/C(=C/C)CCCCCCc1ncc(-c2cc3c(cc2C=C)CC(=O)C=C3)[nH]1.CC.CC.CCCC.[HH].[HH]. The maximum Gasteiger partial charge on any atom is 0.160 e. The van der Waals surface area contributed by atoms with Crippen LogP contribution in [0.25, 0.3) is 23.4 Å². The van der Waals surface area contributed by atoms with Crippen LogP contribution in [-0.2, 0) is 17.6 Å². The number of H-pyrrole nitrogens is 1. The van der Waals surface area contributed by atoms with Gasteiger partial charge in [0.25, 0.3) is 0 Å². The van der Waals surface area contributed by atoms with E-state index in [1.54, 1.807) is 18.4 Å². The molecule has 4 heteroatoms. The molecule has 1 aromatic heterocycles. The van der Waals surface area contributed by atoms with Crippen LogP contribution in [0.4, 0.5) is 0 Å². The number of rotatable bonds is 13. The first-order valence-electron chi connectivity index (χ1n) is 16.0. The lowest BCUT2D eigenvalue weighted by Gasteiger charge is -2.14. The first kappa shape index (κ1) is 38.5. The van der Waals surface area contributed by atoms with E-state index in [9.17, 15) is 4.79 Å². The third-order valence-electron chi connectivity index (χ3n) is 6.68. The Hall–Kier alpha value is -3.53. The molecular weight excluding hydrogens is 514 g/mol. The number of aromatic nitrogens is 2. The van der Waals surface area contributed by atoms with E-state index in [4.69, 9.17) is 0 Å². The molecule has 0 radical (unpaired) electrons. The van der Waals surface area contributed by atoms with Gasteiger partial charge in [-0.2, -0.15) is 0 Å². The Morgan fingerprint density at radius 2 is 1.74 bits per heavy atom. The molecule has 0 aliphatic heterocycles. The molecule has 2 aromatic rings. The minimum Gasteiger partial charge on any atom is -0.342 e. The number of aryl methyl sites for hydroxylation is 1. The number of aromatic amines is 1. The highest BCUT2D eigenvalue weighted by Gasteiger charge is 2.15. The first-order chi connectivity index (χ1) is 20.5. The molecular formula is C38H61N3O. The summed E-state index contributed by atoms with van der Waals surface area (Å²) in [6, 6.07) is 4.20. The quantitative estimate of drug-likeness (QED) is 0.147. The number of aliphatic imine (C=N–C) groups is 1. The molecule has 0 unspecified atom stereocenters. The van der Waals surface area contributed by atoms with Crippen molar-refractivity contribution < 1.29 is 7.65 Å². The van der Waals surface area contributed by atoms with Gasteiger partial charge in [0.15, 0.2) is 5.78 Å². The average Bonchev–Trinajstić information content (AvgIpc) is 3.50. The summed E-state index contributed by atoms with van der Waals surface area (Å²) in [5.41, 5.74) is 7.63. The van der Waals surface area contributed by atoms with Gasteiger partial charge in [-0.05, 0) is 73.6 Å². The van der Waals surface area contributed by atoms with Crippen LogP contribution in [0.5, 0.6) is 0 Å². The number of allylic oxidation sites excluding steroid dienone is 5. The second-order valence-corrected chi connectivity index (χ2v) is 9.58. The molecule has 0 saturated heterocycles. The number of carbonyl (C=O) groups excluding carboxylic acids is 1. The molecule has 1 aliphatic carbocycles. The smallest absolute Gasteiger partial charge is 0.160 e. The van der Waals surface area contributed by atoms with E-state index >= 15 is 0 Å². The normalized spacial score (nSPS) is 12.3. The van der Waals surface area contributed by atoms with E-state index < -0.39 is 0 Å². The summed E-state index contributed by atoms with van der Waals surface area (Å²) in [4.78, 5) is 24.3. The molecule has 1 aromatic carbocycles. The van der Waals surface area contributed by atoms with Crippen LogP contribution in [0.15, 0.2) is 72.6 Å². The number of imidazole rings is 1. The summed E-state index contributed by atoms with van der Waals surface area (Å²) in [6.07, 6.45) is 24.6. The van der Waals surface area contributed by atoms with Gasteiger partial charge in [-0.1, -0.05) is 111 Å². The van der Waals surface area contributed by atoms with Crippen molar-refractivity contribution in [3.05, 3.63) is 90.1 Å². The molecule has 1 heterocycles. The summed E-state index contributed by atoms with van der Waals surface area (Å²) in [6.45, 7) is 24.1. The highest BCUT2D eigenvalue weighted by Crippen LogP contribution is 2.30. The van der Waals surface area contributed by atoms with Crippen molar-refractivity contribution in [2.45, 2.75) is 113 Å². The van der Waals surface area contributed by atoms with Gasteiger partial charge < -0.3 is 4.98 Å². The molecule has 1 N–H and O–H groups in total. The van der Waals surface area contributed by atoms with Gasteiger partial charge in [0, 0.05) is 33.2 Å². The Bertz CT molecular complexity index is 1200. The average molecular weight is 576 g/mol. The third kappa shape index (κ3) is 13.9. The van der Waals surface area contributed by atoms with Crippen LogP contribution in [0.1, 0.15) is 126 Å². The van der Waals surface area contributed by atoms with Crippen molar-refractivity contribution in [1.29, 1.82) is 0 Å². The van der Waals surface area contributed by atoms with E-state index in [0.717, 1.165) is 65.2 Å². The van der Waals surface area contributed by atoms with Gasteiger partial charge in [0.1, 0.15) is 5.82 Å². The summed E-state index contributed by atoms with van der Waals surface area (Å²) in [5, 5.41) is 0.